The third-order valence-corrected chi connectivity index (χ3v) is 6.19. The summed E-state index contributed by atoms with van der Waals surface area (Å²) in [6.07, 6.45) is 1.25. The Labute approximate surface area is 190 Å². The second-order valence-corrected chi connectivity index (χ2v) is 8.38. The van der Waals surface area contributed by atoms with E-state index in [0.717, 1.165) is 16.7 Å². The highest BCUT2D eigenvalue weighted by Gasteiger charge is 2.38. The molecule has 1 saturated heterocycles. The fourth-order valence-corrected chi connectivity index (χ4v) is 4.21. The van der Waals surface area contributed by atoms with Crippen molar-refractivity contribution in [3.63, 3.8) is 0 Å². The van der Waals surface area contributed by atoms with Crippen molar-refractivity contribution in [2.75, 3.05) is 5.32 Å². The standard InChI is InChI=1S/C23H23ClN4O4/c1-13-8-9-15(10-18(13)24)26-23(32)25-11-14-4-2-5-16-17(14)12-28(22(16)31)19-6-3-7-20(29)27-21(19)30/h2,4-5,8-10,19H,3,6-7,11-12H2,1H3,(H2,25,26,32)(H,27,29,30). The summed E-state index contributed by atoms with van der Waals surface area (Å²) in [4.78, 5) is 50.9. The van der Waals surface area contributed by atoms with E-state index < -0.39 is 18.0 Å². The molecule has 0 saturated carbocycles. The van der Waals surface area contributed by atoms with Gasteiger partial charge in [0, 0.05) is 35.8 Å². The van der Waals surface area contributed by atoms with Gasteiger partial charge in [-0.1, -0.05) is 29.8 Å². The number of carbonyl (C=O) groups is 4. The van der Waals surface area contributed by atoms with Crippen LogP contribution in [-0.4, -0.2) is 34.7 Å². The number of nitrogens with one attached hydrogen (secondary N) is 3. The van der Waals surface area contributed by atoms with Crippen LogP contribution in [0.15, 0.2) is 36.4 Å². The number of anilines is 1. The number of rotatable bonds is 4. The van der Waals surface area contributed by atoms with Crippen molar-refractivity contribution in [2.45, 2.75) is 45.3 Å². The van der Waals surface area contributed by atoms with E-state index in [1.165, 1.54) is 4.90 Å². The summed E-state index contributed by atoms with van der Waals surface area (Å²) in [5, 5.41) is 8.45. The molecule has 2 aromatic carbocycles. The molecular formula is C23H23ClN4O4. The maximum absolute atomic E-state index is 13.0. The van der Waals surface area contributed by atoms with E-state index in [9.17, 15) is 19.2 Å². The molecule has 8 nitrogen and oxygen atoms in total. The number of benzene rings is 2. The summed E-state index contributed by atoms with van der Waals surface area (Å²) in [7, 11) is 0. The van der Waals surface area contributed by atoms with Gasteiger partial charge < -0.3 is 15.5 Å². The van der Waals surface area contributed by atoms with Crippen LogP contribution in [0.4, 0.5) is 10.5 Å². The van der Waals surface area contributed by atoms with Gasteiger partial charge in [-0.25, -0.2) is 4.79 Å². The van der Waals surface area contributed by atoms with Gasteiger partial charge >= 0.3 is 6.03 Å². The zero-order valence-electron chi connectivity index (χ0n) is 17.5. The molecule has 9 heteroatoms. The second kappa shape index (κ2) is 9.00. The monoisotopic (exact) mass is 454 g/mol. The molecule has 0 bridgehead atoms. The van der Waals surface area contributed by atoms with Crippen molar-refractivity contribution < 1.29 is 19.2 Å². The van der Waals surface area contributed by atoms with Gasteiger partial charge in [0.05, 0.1) is 0 Å². The first kappa shape index (κ1) is 21.8. The molecular weight excluding hydrogens is 432 g/mol. The number of carbonyl (C=O) groups excluding carboxylic acids is 4. The zero-order chi connectivity index (χ0) is 22.8. The molecule has 166 valence electrons. The topological polar surface area (TPSA) is 108 Å². The van der Waals surface area contributed by atoms with E-state index in [1.807, 2.05) is 19.1 Å². The Balaban J connectivity index is 1.44. The molecule has 2 aliphatic heterocycles. The minimum absolute atomic E-state index is 0.213. The fourth-order valence-electron chi connectivity index (χ4n) is 4.03. The molecule has 2 aromatic rings. The molecule has 0 spiro atoms. The average Bonchev–Trinajstić information content (AvgIpc) is 2.99. The molecule has 2 heterocycles. The van der Waals surface area contributed by atoms with Crippen molar-refractivity contribution in [3.05, 3.63) is 63.7 Å². The molecule has 5 amide bonds. The maximum atomic E-state index is 13.0. The van der Waals surface area contributed by atoms with Gasteiger partial charge in [-0.05, 0) is 54.7 Å². The Morgan fingerprint density at radius 3 is 2.81 bits per heavy atom. The van der Waals surface area contributed by atoms with E-state index in [1.54, 1.807) is 24.3 Å². The number of fused-ring (bicyclic) bond motifs is 1. The minimum Gasteiger partial charge on any atom is -0.334 e. The molecule has 32 heavy (non-hydrogen) atoms. The number of urea groups is 1. The predicted molar refractivity (Wildman–Crippen MR) is 119 cm³/mol. The van der Waals surface area contributed by atoms with E-state index >= 15 is 0 Å². The molecule has 0 radical (unpaired) electrons. The van der Waals surface area contributed by atoms with E-state index in [2.05, 4.69) is 16.0 Å². The van der Waals surface area contributed by atoms with E-state index in [-0.39, 0.29) is 31.3 Å². The van der Waals surface area contributed by atoms with Gasteiger partial charge in [0.2, 0.25) is 11.8 Å². The van der Waals surface area contributed by atoms with Crippen molar-refractivity contribution in [1.82, 2.24) is 15.5 Å². The number of hydrogen-bond donors (Lipinski definition) is 3. The first-order valence-electron chi connectivity index (χ1n) is 10.4. The van der Waals surface area contributed by atoms with Crippen LogP contribution in [0.2, 0.25) is 5.02 Å². The number of nitrogens with zero attached hydrogens (tertiary/aromatic N) is 1. The Hall–Kier alpha value is -3.39. The molecule has 4 rings (SSSR count). The molecule has 0 aliphatic carbocycles. The van der Waals surface area contributed by atoms with Gasteiger partial charge in [-0.15, -0.1) is 0 Å². The SMILES string of the molecule is Cc1ccc(NC(=O)NCc2cccc3c2CN(C2CCCC(=O)NC2=O)C3=O)cc1Cl. The predicted octanol–water partition coefficient (Wildman–Crippen LogP) is 3.12. The van der Waals surface area contributed by atoms with Crippen molar-refractivity contribution in [1.29, 1.82) is 0 Å². The van der Waals surface area contributed by atoms with Crippen LogP contribution in [0, 0.1) is 6.92 Å². The third-order valence-electron chi connectivity index (χ3n) is 5.78. The van der Waals surface area contributed by atoms with Gasteiger partial charge in [0.25, 0.3) is 5.91 Å². The highest BCUT2D eigenvalue weighted by Crippen LogP contribution is 2.30. The van der Waals surface area contributed by atoms with Crippen LogP contribution in [-0.2, 0) is 22.7 Å². The van der Waals surface area contributed by atoms with Crippen molar-refractivity contribution >= 4 is 41.0 Å². The quantitative estimate of drug-likeness (QED) is 0.617. The van der Waals surface area contributed by atoms with E-state index in [4.69, 9.17) is 11.6 Å². The number of imide groups is 1. The highest BCUT2D eigenvalue weighted by molar-refractivity contribution is 6.31. The largest absolute Gasteiger partial charge is 0.334 e. The maximum Gasteiger partial charge on any atom is 0.319 e. The molecule has 1 fully saturated rings. The average molecular weight is 455 g/mol. The number of hydrogen-bond acceptors (Lipinski definition) is 4. The molecule has 2 aliphatic rings. The number of halogens is 1. The Morgan fingerprint density at radius 2 is 2.03 bits per heavy atom. The summed E-state index contributed by atoms with van der Waals surface area (Å²) >= 11 is 6.10. The van der Waals surface area contributed by atoms with Gasteiger partial charge in [0.1, 0.15) is 6.04 Å². The van der Waals surface area contributed by atoms with Crippen molar-refractivity contribution in [3.8, 4) is 0 Å². The third kappa shape index (κ3) is 4.45. The fraction of sp³-hybridized carbons (Fsp3) is 0.304. The van der Waals surface area contributed by atoms with Crippen LogP contribution in [0.5, 0.6) is 0 Å². The Bertz CT molecular complexity index is 1120. The van der Waals surface area contributed by atoms with Crippen LogP contribution in [0.1, 0.15) is 46.3 Å². The lowest BCUT2D eigenvalue weighted by Crippen LogP contribution is -2.47. The second-order valence-electron chi connectivity index (χ2n) is 7.97. The summed E-state index contributed by atoms with van der Waals surface area (Å²) in [6, 6.07) is 9.49. The van der Waals surface area contributed by atoms with Crippen LogP contribution >= 0.6 is 11.6 Å². The highest BCUT2D eigenvalue weighted by atomic mass is 35.5. The van der Waals surface area contributed by atoms with Crippen molar-refractivity contribution in [2.24, 2.45) is 0 Å². The first-order chi connectivity index (χ1) is 15.3. The minimum atomic E-state index is -0.684. The zero-order valence-corrected chi connectivity index (χ0v) is 18.3. The van der Waals surface area contributed by atoms with Gasteiger partial charge in [0.15, 0.2) is 0 Å². The smallest absolute Gasteiger partial charge is 0.319 e. The molecule has 1 unspecified atom stereocenters. The molecule has 3 N–H and O–H groups in total. The van der Waals surface area contributed by atoms with E-state index in [0.29, 0.717) is 29.1 Å². The number of aryl methyl sites for hydroxylation is 1. The number of amides is 5. The van der Waals surface area contributed by atoms with Gasteiger partial charge in [-0.2, -0.15) is 0 Å². The summed E-state index contributed by atoms with van der Waals surface area (Å²) in [5.74, 6) is -0.994. The normalized spacial score (nSPS) is 18.1. The van der Waals surface area contributed by atoms with Crippen LogP contribution in [0.3, 0.4) is 0 Å². The van der Waals surface area contributed by atoms with Gasteiger partial charge in [-0.3, -0.25) is 19.7 Å². The van der Waals surface area contributed by atoms with Crippen LogP contribution in [0.25, 0.3) is 0 Å². The summed E-state index contributed by atoms with van der Waals surface area (Å²) in [6.45, 7) is 2.35. The summed E-state index contributed by atoms with van der Waals surface area (Å²) < 4.78 is 0. The van der Waals surface area contributed by atoms with Crippen LogP contribution < -0.4 is 16.0 Å². The lowest BCUT2D eigenvalue weighted by Gasteiger charge is -2.24. The summed E-state index contributed by atoms with van der Waals surface area (Å²) in [5.41, 5.74) is 3.57. The first-order valence-corrected chi connectivity index (χ1v) is 10.8. The Kier molecular flexibility index (Phi) is 6.14. The Morgan fingerprint density at radius 1 is 1.22 bits per heavy atom. The lowest BCUT2D eigenvalue weighted by atomic mass is 10.0. The lowest BCUT2D eigenvalue weighted by molar-refractivity contribution is -0.132. The molecule has 0 aromatic heterocycles. The molecule has 1 atom stereocenters.